The smallest absolute Gasteiger partial charge is 0.307 e. The van der Waals surface area contributed by atoms with E-state index in [4.69, 9.17) is 10.2 Å². The van der Waals surface area contributed by atoms with Gasteiger partial charge in [0.05, 0.1) is 11.8 Å². The van der Waals surface area contributed by atoms with Gasteiger partial charge in [0, 0.05) is 0 Å². The van der Waals surface area contributed by atoms with Gasteiger partial charge >= 0.3 is 11.9 Å². The summed E-state index contributed by atoms with van der Waals surface area (Å²) in [5.74, 6) is -2.20. The number of carboxylic acid groups (broad SMARTS) is 2. The summed E-state index contributed by atoms with van der Waals surface area (Å²) in [5, 5.41) is 17.7. The van der Waals surface area contributed by atoms with E-state index in [1.54, 1.807) is 0 Å². The Balaban J connectivity index is 2.12. The van der Waals surface area contributed by atoms with Crippen LogP contribution in [0.15, 0.2) is 0 Å². The fourth-order valence-corrected chi connectivity index (χ4v) is 2.41. The van der Waals surface area contributed by atoms with E-state index in [1.165, 1.54) is 0 Å². The van der Waals surface area contributed by atoms with E-state index in [1.807, 2.05) is 0 Å². The maximum absolute atomic E-state index is 10.8. The zero-order valence-corrected chi connectivity index (χ0v) is 7.14. The quantitative estimate of drug-likeness (QED) is 0.666. The van der Waals surface area contributed by atoms with Crippen LogP contribution in [0.2, 0.25) is 0 Å². The largest absolute Gasteiger partial charge is 0.481 e. The summed E-state index contributed by atoms with van der Waals surface area (Å²) < 4.78 is 0. The normalized spacial score (nSPS) is 42.2. The minimum absolute atomic E-state index is 0.497. The van der Waals surface area contributed by atoms with E-state index in [-0.39, 0.29) is 0 Å². The zero-order chi connectivity index (χ0) is 9.59. The number of carboxylic acids is 2. The van der Waals surface area contributed by atoms with Gasteiger partial charge in [0.1, 0.15) is 0 Å². The van der Waals surface area contributed by atoms with Crippen molar-refractivity contribution in [2.45, 2.75) is 19.3 Å². The van der Waals surface area contributed by atoms with Gasteiger partial charge in [0.15, 0.2) is 0 Å². The molecule has 0 amide bonds. The summed E-state index contributed by atoms with van der Waals surface area (Å²) >= 11 is 0. The van der Waals surface area contributed by atoms with Gasteiger partial charge in [0.2, 0.25) is 0 Å². The van der Waals surface area contributed by atoms with Crippen molar-refractivity contribution in [1.82, 2.24) is 0 Å². The van der Waals surface area contributed by atoms with Crippen LogP contribution < -0.4 is 0 Å². The van der Waals surface area contributed by atoms with Gasteiger partial charge in [-0.15, -0.1) is 0 Å². The molecule has 0 aliphatic heterocycles. The number of hydrogen-bond acceptors (Lipinski definition) is 2. The van der Waals surface area contributed by atoms with Gasteiger partial charge in [-0.05, 0) is 31.1 Å². The Bertz CT molecular complexity index is 234. The van der Waals surface area contributed by atoms with E-state index in [9.17, 15) is 9.59 Å². The minimum Gasteiger partial charge on any atom is -0.481 e. The highest BCUT2D eigenvalue weighted by Gasteiger charge is 2.51. The number of aliphatic carboxylic acids is 2. The van der Waals surface area contributed by atoms with E-state index in [0.717, 1.165) is 6.42 Å². The van der Waals surface area contributed by atoms with E-state index < -0.39 is 23.8 Å². The van der Waals surface area contributed by atoms with Crippen LogP contribution in [0.1, 0.15) is 19.3 Å². The molecule has 0 aromatic heterocycles. The summed E-state index contributed by atoms with van der Waals surface area (Å²) in [6, 6.07) is 0. The fraction of sp³-hybridized carbons (Fsp3) is 0.778. The molecule has 4 nitrogen and oxygen atoms in total. The average Bonchev–Trinajstić information content (AvgIpc) is 2.78. The minimum atomic E-state index is -0.947. The summed E-state index contributed by atoms with van der Waals surface area (Å²) in [4.78, 5) is 21.5. The molecule has 0 bridgehead atoms. The van der Waals surface area contributed by atoms with Crippen molar-refractivity contribution < 1.29 is 19.8 Å². The Morgan fingerprint density at radius 2 is 1.23 bits per heavy atom. The van der Waals surface area contributed by atoms with Crippen molar-refractivity contribution in [2.75, 3.05) is 0 Å². The molecule has 0 saturated heterocycles. The van der Waals surface area contributed by atoms with Crippen LogP contribution >= 0.6 is 0 Å². The van der Waals surface area contributed by atoms with Gasteiger partial charge in [-0.1, -0.05) is 0 Å². The van der Waals surface area contributed by atoms with Crippen LogP contribution in [-0.2, 0) is 9.59 Å². The van der Waals surface area contributed by atoms with Gasteiger partial charge in [-0.3, -0.25) is 9.59 Å². The Hall–Kier alpha value is -1.06. The maximum atomic E-state index is 10.8. The highest BCUT2D eigenvalue weighted by atomic mass is 16.4. The van der Waals surface area contributed by atoms with Gasteiger partial charge < -0.3 is 10.2 Å². The molecule has 72 valence electrons. The van der Waals surface area contributed by atoms with Crippen LogP contribution in [-0.4, -0.2) is 22.2 Å². The summed E-state index contributed by atoms with van der Waals surface area (Å²) in [6.07, 6.45) is 2.17. The molecule has 2 N–H and O–H groups in total. The van der Waals surface area contributed by atoms with E-state index in [0.29, 0.717) is 24.7 Å². The van der Waals surface area contributed by atoms with Crippen molar-refractivity contribution in [2.24, 2.45) is 23.7 Å². The van der Waals surface area contributed by atoms with E-state index >= 15 is 0 Å². The highest BCUT2D eigenvalue weighted by molar-refractivity contribution is 5.80. The molecule has 13 heavy (non-hydrogen) atoms. The lowest BCUT2D eigenvalue weighted by molar-refractivity contribution is -0.155. The highest BCUT2D eigenvalue weighted by Crippen LogP contribution is 2.53. The Kier molecular flexibility index (Phi) is 1.78. The first kappa shape index (κ1) is 8.53. The van der Waals surface area contributed by atoms with Crippen molar-refractivity contribution in [3.05, 3.63) is 0 Å². The lowest BCUT2D eigenvalue weighted by Gasteiger charge is -2.24. The number of fused-ring (bicyclic) bond motifs is 1. The molecule has 2 aliphatic rings. The molecule has 2 aliphatic carbocycles. The predicted octanol–water partition coefficient (Wildman–Crippen LogP) is 0.818. The molecule has 4 atom stereocenters. The second-order valence-corrected chi connectivity index (χ2v) is 4.12. The van der Waals surface area contributed by atoms with Crippen molar-refractivity contribution >= 4 is 11.9 Å². The van der Waals surface area contributed by atoms with Crippen molar-refractivity contribution in [3.63, 3.8) is 0 Å². The topological polar surface area (TPSA) is 74.6 Å². The van der Waals surface area contributed by atoms with Gasteiger partial charge in [-0.25, -0.2) is 0 Å². The first-order valence-corrected chi connectivity index (χ1v) is 4.55. The van der Waals surface area contributed by atoms with Crippen LogP contribution in [0.5, 0.6) is 0 Å². The lowest BCUT2D eigenvalue weighted by atomic mass is 9.79. The molecule has 2 unspecified atom stereocenters. The van der Waals surface area contributed by atoms with Gasteiger partial charge in [-0.2, -0.15) is 0 Å². The summed E-state index contributed by atoms with van der Waals surface area (Å²) in [7, 11) is 0. The average molecular weight is 184 g/mol. The summed E-state index contributed by atoms with van der Waals surface area (Å²) in [5.41, 5.74) is 0. The number of carbonyl (C=O) groups is 2. The fourth-order valence-electron chi connectivity index (χ4n) is 2.41. The van der Waals surface area contributed by atoms with Crippen molar-refractivity contribution in [1.29, 1.82) is 0 Å². The first-order valence-electron chi connectivity index (χ1n) is 4.55. The third kappa shape index (κ3) is 1.41. The molecule has 0 spiro atoms. The van der Waals surface area contributed by atoms with Crippen LogP contribution in [0, 0.1) is 23.7 Å². The molecule has 2 saturated carbocycles. The SMILES string of the molecule is O=C(O)[C@H]1CC2CC2C[C@@H]1C(=O)O. The predicted molar refractivity (Wildman–Crippen MR) is 43.1 cm³/mol. The molecule has 2 rings (SSSR count). The molecular weight excluding hydrogens is 172 g/mol. The first-order chi connectivity index (χ1) is 6.09. The molecule has 0 aromatic carbocycles. The molecule has 0 heterocycles. The monoisotopic (exact) mass is 184 g/mol. The van der Waals surface area contributed by atoms with Gasteiger partial charge in [0.25, 0.3) is 0 Å². The standard InChI is InChI=1S/C9H12O4/c10-8(11)6-2-4-1-5(4)3-7(6)9(12)13/h4-7H,1-3H2,(H,10,11)(H,12,13)/t4?,5?,6-,7-/m0/s1. The number of hydrogen-bond donors (Lipinski definition) is 2. The Labute approximate surface area is 75.6 Å². The zero-order valence-electron chi connectivity index (χ0n) is 7.14. The lowest BCUT2D eigenvalue weighted by Crippen LogP contribution is -2.33. The second kappa shape index (κ2) is 2.72. The van der Waals surface area contributed by atoms with Crippen LogP contribution in [0.4, 0.5) is 0 Å². The van der Waals surface area contributed by atoms with E-state index in [2.05, 4.69) is 0 Å². The molecule has 0 radical (unpaired) electrons. The molecule has 4 heteroatoms. The third-order valence-corrected chi connectivity index (χ3v) is 3.30. The second-order valence-electron chi connectivity index (χ2n) is 4.12. The maximum Gasteiger partial charge on any atom is 0.307 e. The van der Waals surface area contributed by atoms with Crippen LogP contribution in [0.3, 0.4) is 0 Å². The Morgan fingerprint density at radius 3 is 1.54 bits per heavy atom. The van der Waals surface area contributed by atoms with Crippen LogP contribution in [0.25, 0.3) is 0 Å². The summed E-state index contributed by atoms with van der Waals surface area (Å²) in [6.45, 7) is 0. The molecule has 2 fully saturated rings. The third-order valence-electron chi connectivity index (χ3n) is 3.30. The molecular formula is C9H12O4. The number of rotatable bonds is 2. The Morgan fingerprint density at radius 1 is 0.846 bits per heavy atom. The van der Waals surface area contributed by atoms with Crippen molar-refractivity contribution in [3.8, 4) is 0 Å². The molecule has 0 aromatic rings.